The van der Waals surface area contributed by atoms with Crippen molar-refractivity contribution in [1.82, 2.24) is 4.90 Å². The van der Waals surface area contributed by atoms with Crippen LogP contribution in [0.5, 0.6) is 5.75 Å². The van der Waals surface area contributed by atoms with Gasteiger partial charge in [-0.25, -0.2) is 0 Å². The van der Waals surface area contributed by atoms with Crippen molar-refractivity contribution in [1.29, 1.82) is 0 Å². The normalized spacial score (nSPS) is 18.2. The molecule has 0 atom stereocenters. The average Bonchev–Trinajstić information content (AvgIpc) is 2.38. The molecule has 0 saturated carbocycles. The van der Waals surface area contributed by atoms with Crippen LogP contribution >= 0.6 is 22.6 Å². The van der Waals surface area contributed by atoms with Crippen molar-refractivity contribution in [3.63, 3.8) is 0 Å². The van der Waals surface area contributed by atoms with E-state index in [-0.39, 0.29) is 0 Å². The zero-order valence-corrected chi connectivity index (χ0v) is 13.2. The summed E-state index contributed by atoms with van der Waals surface area (Å²) in [6.07, 6.45) is -2.57. The fourth-order valence-corrected chi connectivity index (χ4v) is 2.88. The summed E-state index contributed by atoms with van der Waals surface area (Å²) in [5.74, 6) is 1.20. The largest absolute Gasteiger partial charge is 0.492 e. The molecule has 1 aliphatic rings. The maximum absolute atomic E-state index is 12.3. The zero-order valence-electron chi connectivity index (χ0n) is 11.0. The molecule has 0 amide bonds. The Hall–Kier alpha value is -0.500. The van der Waals surface area contributed by atoms with Crippen LogP contribution in [0.15, 0.2) is 24.3 Å². The summed E-state index contributed by atoms with van der Waals surface area (Å²) in [5, 5.41) is 0. The first kappa shape index (κ1) is 15.9. The highest BCUT2D eigenvalue weighted by Crippen LogP contribution is 2.25. The van der Waals surface area contributed by atoms with Crippen LogP contribution in [0.2, 0.25) is 0 Å². The van der Waals surface area contributed by atoms with Gasteiger partial charge in [0.15, 0.2) is 0 Å². The lowest BCUT2D eigenvalue weighted by molar-refractivity contribution is -0.148. The maximum Gasteiger partial charge on any atom is 0.401 e. The fraction of sp³-hybridized carbons (Fsp3) is 0.571. The molecule has 0 radical (unpaired) electrons. The van der Waals surface area contributed by atoms with Crippen LogP contribution in [0, 0.1) is 9.49 Å². The van der Waals surface area contributed by atoms with Gasteiger partial charge in [0.25, 0.3) is 0 Å². The first-order chi connectivity index (χ1) is 9.44. The van der Waals surface area contributed by atoms with Gasteiger partial charge < -0.3 is 4.74 Å². The molecule has 0 spiro atoms. The molecular weight excluding hydrogens is 382 g/mol. The van der Waals surface area contributed by atoms with Crippen LogP contribution in [0.3, 0.4) is 0 Å². The number of piperidine rings is 1. The second-order valence-corrected chi connectivity index (χ2v) is 6.24. The number of hydrogen-bond donors (Lipinski definition) is 0. The summed E-state index contributed by atoms with van der Waals surface area (Å²) in [5.41, 5.74) is 0. The average molecular weight is 399 g/mol. The van der Waals surface area contributed by atoms with Crippen molar-refractivity contribution in [2.45, 2.75) is 19.0 Å². The SMILES string of the molecule is FC(F)(F)CN1CCC(COc2ccccc2I)CC1. The van der Waals surface area contributed by atoms with E-state index in [4.69, 9.17) is 4.74 Å². The standard InChI is InChI=1S/C14H17F3INO/c15-14(16,17)10-19-7-5-11(6-8-19)9-20-13-4-2-1-3-12(13)18/h1-4,11H,5-10H2. The van der Waals surface area contributed by atoms with Gasteiger partial charge in [0, 0.05) is 0 Å². The van der Waals surface area contributed by atoms with E-state index < -0.39 is 12.7 Å². The van der Waals surface area contributed by atoms with Crippen molar-refractivity contribution in [3.8, 4) is 5.75 Å². The Kier molecular flexibility index (Phi) is 5.54. The molecule has 0 N–H and O–H groups in total. The van der Waals surface area contributed by atoms with Crippen molar-refractivity contribution < 1.29 is 17.9 Å². The predicted octanol–water partition coefficient (Wildman–Crippen LogP) is 3.94. The summed E-state index contributed by atoms with van der Waals surface area (Å²) in [7, 11) is 0. The Morgan fingerprint density at radius 3 is 2.45 bits per heavy atom. The van der Waals surface area contributed by atoms with Crippen molar-refractivity contribution in [2.24, 2.45) is 5.92 Å². The van der Waals surface area contributed by atoms with E-state index in [9.17, 15) is 13.2 Å². The van der Waals surface area contributed by atoms with Gasteiger partial charge in [-0.1, -0.05) is 12.1 Å². The Morgan fingerprint density at radius 2 is 1.85 bits per heavy atom. The molecule has 1 heterocycles. The fourth-order valence-electron chi connectivity index (χ4n) is 2.33. The van der Waals surface area contributed by atoms with Crippen LogP contribution in [-0.2, 0) is 0 Å². The van der Waals surface area contributed by atoms with Crippen LogP contribution < -0.4 is 4.74 Å². The number of alkyl halides is 3. The minimum Gasteiger partial charge on any atom is -0.492 e. The molecule has 1 fully saturated rings. The van der Waals surface area contributed by atoms with Gasteiger partial charge >= 0.3 is 6.18 Å². The monoisotopic (exact) mass is 399 g/mol. The van der Waals surface area contributed by atoms with E-state index in [0.717, 1.165) is 22.2 Å². The molecule has 112 valence electrons. The number of para-hydroxylation sites is 1. The van der Waals surface area contributed by atoms with Gasteiger partial charge in [-0.3, -0.25) is 4.90 Å². The molecular formula is C14H17F3INO. The summed E-state index contributed by atoms with van der Waals surface area (Å²) in [6.45, 7) is 0.788. The van der Waals surface area contributed by atoms with Gasteiger partial charge in [-0.05, 0) is 66.6 Å². The molecule has 6 heteroatoms. The number of hydrogen-bond acceptors (Lipinski definition) is 2. The van der Waals surface area contributed by atoms with Gasteiger partial charge in [0.05, 0.1) is 16.7 Å². The van der Waals surface area contributed by atoms with Crippen molar-refractivity contribution >= 4 is 22.6 Å². The van der Waals surface area contributed by atoms with E-state index in [1.54, 1.807) is 0 Å². The molecule has 2 rings (SSSR count). The number of rotatable bonds is 4. The van der Waals surface area contributed by atoms with Gasteiger partial charge in [-0.2, -0.15) is 13.2 Å². The lowest BCUT2D eigenvalue weighted by Crippen LogP contribution is -2.41. The quantitative estimate of drug-likeness (QED) is 0.712. The molecule has 2 nitrogen and oxygen atoms in total. The topological polar surface area (TPSA) is 12.5 Å². The molecule has 0 aromatic heterocycles. The first-order valence-corrected chi connectivity index (χ1v) is 7.68. The van der Waals surface area contributed by atoms with E-state index in [0.29, 0.717) is 25.6 Å². The Morgan fingerprint density at radius 1 is 1.20 bits per heavy atom. The van der Waals surface area contributed by atoms with E-state index in [2.05, 4.69) is 22.6 Å². The van der Waals surface area contributed by atoms with E-state index >= 15 is 0 Å². The Bertz CT molecular complexity index is 431. The molecule has 0 unspecified atom stereocenters. The minimum atomic E-state index is -4.09. The summed E-state index contributed by atoms with van der Waals surface area (Å²) < 4.78 is 43.7. The minimum absolute atomic E-state index is 0.343. The van der Waals surface area contributed by atoms with Gasteiger partial charge in [0.2, 0.25) is 0 Å². The van der Waals surface area contributed by atoms with Crippen molar-refractivity contribution in [2.75, 3.05) is 26.2 Å². The number of likely N-dealkylation sites (tertiary alicyclic amines) is 1. The molecule has 1 saturated heterocycles. The number of nitrogens with zero attached hydrogens (tertiary/aromatic N) is 1. The number of benzene rings is 1. The zero-order chi connectivity index (χ0) is 14.6. The lowest BCUT2D eigenvalue weighted by Gasteiger charge is -2.32. The summed E-state index contributed by atoms with van der Waals surface area (Å²) in [6, 6.07) is 7.76. The molecule has 20 heavy (non-hydrogen) atoms. The molecule has 1 aromatic rings. The third-order valence-electron chi connectivity index (χ3n) is 3.42. The van der Waals surface area contributed by atoms with Gasteiger partial charge in [0.1, 0.15) is 5.75 Å². The Balaban J connectivity index is 1.74. The highest BCUT2D eigenvalue weighted by molar-refractivity contribution is 14.1. The van der Waals surface area contributed by atoms with Crippen LogP contribution in [0.4, 0.5) is 13.2 Å². The van der Waals surface area contributed by atoms with Crippen LogP contribution in [-0.4, -0.2) is 37.3 Å². The Labute approximate surface area is 130 Å². The first-order valence-electron chi connectivity index (χ1n) is 6.60. The number of ether oxygens (including phenoxy) is 1. The third-order valence-corrected chi connectivity index (χ3v) is 4.31. The molecule has 0 bridgehead atoms. The maximum atomic E-state index is 12.3. The molecule has 1 aromatic carbocycles. The molecule has 0 aliphatic carbocycles. The summed E-state index contributed by atoms with van der Waals surface area (Å²) in [4.78, 5) is 1.47. The summed E-state index contributed by atoms with van der Waals surface area (Å²) >= 11 is 2.21. The third kappa shape index (κ3) is 5.12. The highest BCUT2D eigenvalue weighted by atomic mass is 127. The second-order valence-electron chi connectivity index (χ2n) is 5.08. The number of halogens is 4. The van der Waals surface area contributed by atoms with Crippen LogP contribution in [0.1, 0.15) is 12.8 Å². The van der Waals surface area contributed by atoms with Crippen LogP contribution in [0.25, 0.3) is 0 Å². The van der Waals surface area contributed by atoms with E-state index in [1.807, 2.05) is 24.3 Å². The lowest BCUT2D eigenvalue weighted by atomic mass is 9.98. The van der Waals surface area contributed by atoms with Gasteiger partial charge in [-0.15, -0.1) is 0 Å². The molecule has 1 aliphatic heterocycles. The van der Waals surface area contributed by atoms with Crippen molar-refractivity contribution in [3.05, 3.63) is 27.8 Å². The smallest absolute Gasteiger partial charge is 0.401 e. The van der Waals surface area contributed by atoms with E-state index in [1.165, 1.54) is 4.90 Å². The highest BCUT2D eigenvalue weighted by Gasteiger charge is 2.32. The second kappa shape index (κ2) is 6.98. The predicted molar refractivity (Wildman–Crippen MR) is 79.9 cm³/mol.